The first-order chi connectivity index (χ1) is 11.7. The molecular formula is C17H21N5O2. The van der Waals surface area contributed by atoms with Gasteiger partial charge in [0, 0.05) is 13.1 Å². The Labute approximate surface area is 140 Å². The molecule has 3 heterocycles. The lowest BCUT2D eigenvalue weighted by molar-refractivity contribution is -0.0424. The van der Waals surface area contributed by atoms with Gasteiger partial charge in [-0.05, 0) is 26.0 Å². The maximum Gasteiger partial charge on any atom is 0.209 e. The second-order valence-electron chi connectivity index (χ2n) is 6.19. The van der Waals surface area contributed by atoms with E-state index < -0.39 is 0 Å². The number of fused-ring (bicyclic) bond motifs is 1. The van der Waals surface area contributed by atoms with Gasteiger partial charge in [-0.25, -0.2) is 14.6 Å². The Balaban J connectivity index is 1.42. The molecule has 0 saturated carbocycles. The van der Waals surface area contributed by atoms with E-state index in [1.165, 1.54) is 0 Å². The fourth-order valence-electron chi connectivity index (χ4n) is 3.14. The number of aryl methyl sites for hydroxylation is 2. The van der Waals surface area contributed by atoms with Gasteiger partial charge in [-0.2, -0.15) is 5.10 Å². The summed E-state index contributed by atoms with van der Waals surface area (Å²) in [6, 6.07) is 7.86. The second kappa shape index (κ2) is 6.33. The summed E-state index contributed by atoms with van der Waals surface area (Å²) >= 11 is 0. The Hall–Kier alpha value is -2.25. The average molecular weight is 327 g/mol. The van der Waals surface area contributed by atoms with Crippen molar-refractivity contribution in [1.29, 1.82) is 0 Å². The molecule has 126 valence electrons. The van der Waals surface area contributed by atoms with E-state index in [1.54, 1.807) is 0 Å². The first-order valence-electron chi connectivity index (χ1n) is 8.24. The summed E-state index contributed by atoms with van der Waals surface area (Å²) in [6.07, 6.45) is 0.0999. The van der Waals surface area contributed by atoms with E-state index in [1.807, 2.05) is 42.8 Å². The summed E-state index contributed by atoms with van der Waals surface area (Å²) in [5.74, 6) is 2.48. The minimum absolute atomic E-state index is 0.0999. The third-order valence-corrected chi connectivity index (χ3v) is 4.26. The summed E-state index contributed by atoms with van der Waals surface area (Å²) in [5.41, 5.74) is 1.75. The topological polar surface area (TPSA) is 69.2 Å². The number of hydrogen-bond acceptors (Lipinski definition) is 6. The van der Waals surface area contributed by atoms with E-state index in [0.29, 0.717) is 13.2 Å². The number of benzene rings is 1. The number of nitrogens with zero attached hydrogens (tertiary/aromatic N) is 5. The molecule has 1 unspecified atom stereocenters. The van der Waals surface area contributed by atoms with Crippen LogP contribution in [-0.2, 0) is 17.8 Å². The van der Waals surface area contributed by atoms with Crippen LogP contribution in [0, 0.1) is 13.8 Å². The summed E-state index contributed by atoms with van der Waals surface area (Å²) < 4.78 is 13.6. The van der Waals surface area contributed by atoms with Crippen molar-refractivity contribution in [2.24, 2.45) is 0 Å². The van der Waals surface area contributed by atoms with Gasteiger partial charge in [0.15, 0.2) is 5.58 Å². The molecule has 2 aromatic heterocycles. The van der Waals surface area contributed by atoms with E-state index in [9.17, 15) is 0 Å². The third kappa shape index (κ3) is 3.18. The highest BCUT2D eigenvalue weighted by molar-refractivity contribution is 5.72. The van der Waals surface area contributed by atoms with Gasteiger partial charge in [0.05, 0.1) is 25.8 Å². The minimum atomic E-state index is 0.0999. The molecule has 0 amide bonds. The zero-order valence-corrected chi connectivity index (χ0v) is 14.0. The molecule has 3 aromatic rings. The molecule has 1 fully saturated rings. The van der Waals surface area contributed by atoms with Crippen LogP contribution in [0.3, 0.4) is 0 Å². The van der Waals surface area contributed by atoms with Crippen LogP contribution < -0.4 is 0 Å². The zero-order valence-electron chi connectivity index (χ0n) is 14.0. The monoisotopic (exact) mass is 327 g/mol. The highest BCUT2D eigenvalue weighted by atomic mass is 16.5. The molecule has 1 saturated heterocycles. The van der Waals surface area contributed by atoms with E-state index >= 15 is 0 Å². The van der Waals surface area contributed by atoms with E-state index in [0.717, 1.165) is 48.3 Å². The van der Waals surface area contributed by atoms with E-state index in [2.05, 4.69) is 20.0 Å². The molecule has 1 aromatic carbocycles. The molecule has 0 bridgehead atoms. The molecule has 1 aliphatic heterocycles. The van der Waals surface area contributed by atoms with Crippen molar-refractivity contribution >= 4 is 11.1 Å². The van der Waals surface area contributed by atoms with Crippen molar-refractivity contribution in [2.75, 3.05) is 19.7 Å². The Morgan fingerprint density at radius 1 is 1.21 bits per heavy atom. The van der Waals surface area contributed by atoms with Gasteiger partial charge in [-0.3, -0.25) is 4.90 Å². The predicted molar refractivity (Wildman–Crippen MR) is 88.5 cm³/mol. The SMILES string of the molecule is Cc1nc(C)n(CC2CN(Cc3nc4ccccc4o3)CCO2)n1. The molecule has 4 rings (SSSR count). The highest BCUT2D eigenvalue weighted by Gasteiger charge is 2.23. The third-order valence-electron chi connectivity index (χ3n) is 4.26. The van der Waals surface area contributed by atoms with Crippen LogP contribution >= 0.6 is 0 Å². The molecule has 0 spiro atoms. The van der Waals surface area contributed by atoms with Crippen molar-refractivity contribution in [1.82, 2.24) is 24.6 Å². The van der Waals surface area contributed by atoms with Gasteiger partial charge < -0.3 is 9.15 Å². The molecule has 0 radical (unpaired) electrons. The number of hydrogen-bond donors (Lipinski definition) is 0. The Morgan fingerprint density at radius 2 is 2.08 bits per heavy atom. The summed E-state index contributed by atoms with van der Waals surface area (Å²) in [4.78, 5) is 11.2. The number of para-hydroxylation sites is 2. The number of rotatable bonds is 4. The van der Waals surface area contributed by atoms with Crippen LogP contribution in [0.15, 0.2) is 28.7 Å². The lowest BCUT2D eigenvalue weighted by atomic mass is 10.2. The average Bonchev–Trinajstić information content (AvgIpc) is 3.10. The summed E-state index contributed by atoms with van der Waals surface area (Å²) in [6.45, 7) is 7.71. The van der Waals surface area contributed by atoms with Crippen molar-refractivity contribution in [3.05, 3.63) is 41.8 Å². The quantitative estimate of drug-likeness (QED) is 0.729. The van der Waals surface area contributed by atoms with Crippen molar-refractivity contribution in [2.45, 2.75) is 33.0 Å². The van der Waals surface area contributed by atoms with Crippen LogP contribution in [-0.4, -0.2) is 50.4 Å². The van der Waals surface area contributed by atoms with Crippen molar-refractivity contribution < 1.29 is 9.15 Å². The molecular weight excluding hydrogens is 306 g/mol. The first-order valence-corrected chi connectivity index (χ1v) is 8.24. The first kappa shape index (κ1) is 15.3. The van der Waals surface area contributed by atoms with Crippen LogP contribution in [0.1, 0.15) is 17.5 Å². The largest absolute Gasteiger partial charge is 0.439 e. The Bertz CT molecular complexity index is 807. The maximum atomic E-state index is 5.89. The number of morpholine rings is 1. The van der Waals surface area contributed by atoms with Gasteiger partial charge >= 0.3 is 0 Å². The van der Waals surface area contributed by atoms with Gasteiger partial charge in [0.2, 0.25) is 5.89 Å². The maximum absolute atomic E-state index is 5.89. The zero-order chi connectivity index (χ0) is 16.5. The number of aromatic nitrogens is 4. The van der Waals surface area contributed by atoms with Crippen molar-refractivity contribution in [3.63, 3.8) is 0 Å². The van der Waals surface area contributed by atoms with Crippen LogP contribution in [0.2, 0.25) is 0 Å². The van der Waals surface area contributed by atoms with E-state index in [-0.39, 0.29) is 6.10 Å². The Kier molecular flexibility index (Phi) is 4.03. The molecule has 1 aliphatic rings. The highest BCUT2D eigenvalue weighted by Crippen LogP contribution is 2.17. The fraction of sp³-hybridized carbons (Fsp3) is 0.471. The standard InChI is InChI=1S/C17H21N5O2/c1-12-18-13(2)22(20-12)10-14-9-21(7-8-23-14)11-17-19-15-5-3-4-6-16(15)24-17/h3-6,14H,7-11H2,1-2H3. The Morgan fingerprint density at radius 3 is 2.88 bits per heavy atom. The van der Waals surface area contributed by atoms with Crippen LogP contribution in [0.25, 0.3) is 11.1 Å². The van der Waals surface area contributed by atoms with Gasteiger partial charge in [0.25, 0.3) is 0 Å². The number of oxazole rings is 1. The van der Waals surface area contributed by atoms with Gasteiger partial charge in [0.1, 0.15) is 17.2 Å². The smallest absolute Gasteiger partial charge is 0.209 e. The van der Waals surface area contributed by atoms with Crippen LogP contribution in [0.4, 0.5) is 0 Å². The molecule has 1 atom stereocenters. The van der Waals surface area contributed by atoms with Gasteiger partial charge in [-0.1, -0.05) is 12.1 Å². The van der Waals surface area contributed by atoms with Crippen molar-refractivity contribution in [3.8, 4) is 0 Å². The van der Waals surface area contributed by atoms with E-state index in [4.69, 9.17) is 9.15 Å². The molecule has 7 heteroatoms. The molecule has 7 nitrogen and oxygen atoms in total. The minimum Gasteiger partial charge on any atom is -0.439 e. The van der Waals surface area contributed by atoms with Crippen LogP contribution in [0.5, 0.6) is 0 Å². The fourth-order valence-corrected chi connectivity index (χ4v) is 3.14. The lowest BCUT2D eigenvalue weighted by Crippen LogP contribution is -2.44. The number of ether oxygens (including phenoxy) is 1. The molecule has 0 aliphatic carbocycles. The summed E-state index contributed by atoms with van der Waals surface area (Å²) in [7, 11) is 0. The normalized spacial score (nSPS) is 19.2. The predicted octanol–water partition coefficient (Wildman–Crippen LogP) is 1.94. The molecule has 24 heavy (non-hydrogen) atoms. The second-order valence-corrected chi connectivity index (χ2v) is 6.19. The summed E-state index contributed by atoms with van der Waals surface area (Å²) in [5, 5.41) is 4.42. The lowest BCUT2D eigenvalue weighted by Gasteiger charge is -2.32. The van der Waals surface area contributed by atoms with Gasteiger partial charge in [-0.15, -0.1) is 0 Å². The molecule has 0 N–H and O–H groups in total.